The lowest BCUT2D eigenvalue weighted by molar-refractivity contribution is -0.137. The van der Waals surface area contributed by atoms with Crippen LogP contribution in [0.5, 0.6) is 0 Å². The fraction of sp³-hybridized carbons (Fsp3) is 0.500. The number of halogens is 2. The van der Waals surface area contributed by atoms with Gasteiger partial charge < -0.3 is 15.4 Å². The van der Waals surface area contributed by atoms with Gasteiger partial charge in [-0.05, 0) is 12.1 Å². The molecule has 2 N–H and O–H groups in total. The van der Waals surface area contributed by atoms with Gasteiger partial charge in [0, 0.05) is 32.0 Å². The normalized spacial score (nSPS) is 17.4. The van der Waals surface area contributed by atoms with Crippen molar-refractivity contribution >= 4 is 34.9 Å². The Morgan fingerprint density at radius 1 is 1.30 bits per heavy atom. The summed E-state index contributed by atoms with van der Waals surface area (Å²) in [4.78, 5) is 22.2. The molecule has 5 nitrogen and oxygen atoms in total. The number of carbonyl (C=O) groups excluding carboxylic acids is 2. The van der Waals surface area contributed by atoms with Crippen LogP contribution in [0, 0.1) is 5.92 Å². The Labute approximate surface area is 146 Å². The first-order valence-corrected chi connectivity index (χ1v) is 8.29. The van der Waals surface area contributed by atoms with Gasteiger partial charge in [-0.25, -0.2) is 0 Å². The highest BCUT2D eigenvalue weighted by Crippen LogP contribution is 2.19. The van der Waals surface area contributed by atoms with Crippen LogP contribution in [0.15, 0.2) is 24.3 Å². The molecule has 1 fully saturated rings. The van der Waals surface area contributed by atoms with Crippen LogP contribution in [0.25, 0.3) is 0 Å². The molecule has 1 amide bonds. The second kappa shape index (κ2) is 11.4. The zero-order valence-electron chi connectivity index (χ0n) is 13.1. The lowest BCUT2D eigenvalue weighted by Crippen LogP contribution is -2.38. The topological polar surface area (TPSA) is 67.4 Å². The Morgan fingerprint density at radius 2 is 1.96 bits per heavy atom. The SMILES string of the molecule is CCC(=O)C(=O)NCC1CNCCOC1.Clc1ccccc1Cl. The molecular weight excluding hydrogens is 339 g/mol. The molecule has 128 valence electrons. The van der Waals surface area contributed by atoms with Gasteiger partial charge in [0.15, 0.2) is 0 Å². The monoisotopic (exact) mass is 360 g/mol. The summed E-state index contributed by atoms with van der Waals surface area (Å²) in [6.07, 6.45) is 0.255. The van der Waals surface area contributed by atoms with E-state index in [-0.39, 0.29) is 18.1 Å². The smallest absolute Gasteiger partial charge is 0.287 e. The molecule has 1 saturated heterocycles. The third kappa shape index (κ3) is 8.32. The van der Waals surface area contributed by atoms with E-state index in [9.17, 15) is 9.59 Å². The number of nitrogens with one attached hydrogen (secondary N) is 2. The lowest BCUT2D eigenvalue weighted by Gasteiger charge is -2.13. The van der Waals surface area contributed by atoms with Crippen LogP contribution in [0.2, 0.25) is 10.0 Å². The van der Waals surface area contributed by atoms with Crippen molar-refractivity contribution in [3.8, 4) is 0 Å². The zero-order chi connectivity index (χ0) is 17.1. The molecule has 1 atom stereocenters. The van der Waals surface area contributed by atoms with Crippen LogP contribution in [0.3, 0.4) is 0 Å². The maximum Gasteiger partial charge on any atom is 0.287 e. The molecule has 1 aromatic carbocycles. The third-order valence-corrected chi connectivity index (χ3v) is 3.92. The van der Waals surface area contributed by atoms with Crippen LogP contribution in [0.4, 0.5) is 0 Å². The van der Waals surface area contributed by atoms with E-state index in [1.807, 2.05) is 12.1 Å². The molecule has 7 heteroatoms. The van der Waals surface area contributed by atoms with E-state index in [2.05, 4.69) is 10.6 Å². The largest absolute Gasteiger partial charge is 0.380 e. The number of amides is 1. The van der Waals surface area contributed by atoms with E-state index in [1.165, 1.54) is 0 Å². The first-order valence-electron chi connectivity index (χ1n) is 7.54. The number of benzene rings is 1. The van der Waals surface area contributed by atoms with Crippen LogP contribution in [-0.4, -0.2) is 44.5 Å². The van der Waals surface area contributed by atoms with Crippen molar-refractivity contribution in [3.05, 3.63) is 34.3 Å². The van der Waals surface area contributed by atoms with Gasteiger partial charge in [0.05, 0.1) is 23.3 Å². The Balaban J connectivity index is 0.000000277. The van der Waals surface area contributed by atoms with Crippen LogP contribution in [-0.2, 0) is 14.3 Å². The Bertz CT molecular complexity index is 483. The Morgan fingerprint density at radius 3 is 2.52 bits per heavy atom. The molecule has 0 radical (unpaired) electrons. The molecule has 0 bridgehead atoms. The van der Waals surface area contributed by atoms with Crippen LogP contribution >= 0.6 is 23.2 Å². The molecule has 23 heavy (non-hydrogen) atoms. The number of carbonyl (C=O) groups is 2. The minimum Gasteiger partial charge on any atom is -0.380 e. The molecule has 1 aliphatic heterocycles. The van der Waals surface area contributed by atoms with E-state index >= 15 is 0 Å². The van der Waals surface area contributed by atoms with Gasteiger partial charge in [0.25, 0.3) is 5.91 Å². The maximum absolute atomic E-state index is 11.2. The van der Waals surface area contributed by atoms with Gasteiger partial charge in [-0.2, -0.15) is 0 Å². The lowest BCUT2D eigenvalue weighted by atomic mass is 10.1. The van der Waals surface area contributed by atoms with Gasteiger partial charge in [-0.15, -0.1) is 0 Å². The fourth-order valence-corrected chi connectivity index (χ4v) is 2.10. The second-order valence-corrected chi connectivity index (χ2v) is 5.86. The van der Waals surface area contributed by atoms with Gasteiger partial charge >= 0.3 is 0 Å². The van der Waals surface area contributed by atoms with Gasteiger partial charge in [0.2, 0.25) is 5.78 Å². The average molecular weight is 361 g/mol. The maximum atomic E-state index is 11.2. The van der Waals surface area contributed by atoms with Crippen molar-refractivity contribution in [2.45, 2.75) is 13.3 Å². The van der Waals surface area contributed by atoms with E-state index < -0.39 is 5.91 Å². The third-order valence-electron chi connectivity index (χ3n) is 3.16. The molecule has 0 spiro atoms. The molecule has 1 unspecified atom stereocenters. The Kier molecular flexibility index (Phi) is 9.87. The standard InChI is InChI=1S/C10H18N2O3.C6H4Cl2/c1-2-9(13)10(14)12-6-8-5-11-3-4-15-7-8;7-5-3-1-2-4-6(5)8/h8,11H,2-7H2,1H3,(H,12,14);1-4H. The van der Waals surface area contributed by atoms with Crippen LogP contribution < -0.4 is 10.6 Å². The number of ether oxygens (including phenoxy) is 1. The molecule has 0 aliphatic carbocycles. The molecular formula is C16H22Cl2N2O3. The molecule has 0 saturated carbocycles. The van der Waals surface area contributed by atoms with Crippen molar-refractivity contribution in [2.24, 2.45) is 5.92 Å². The molecule has 0 aromatic heterocycles. The quantitative estimate of drug-likeness (QED) is 0.808. The van der Waals surface area contributed by atoms with Gasteiger partial charge in [-0.1, -0.05) is 42.3 Å². The first kappa shape index (κ1) is 19.9. The summed E-state index contributed by atoms with van der Waals surface area (Å²) in [6.45, 7) is 5.18. The predicted octanol–water partition coefficient (Wildman–Crippen LogP) is 2.31. The number of Topliss-reactive ketones (excluding diaryl/α,β-unsaturated/α-hetero) is 1. The van der Waals surface area contributed by atoms with E-state index in [0.717, 1.165) is 13.1 Å². The number of hydrogen-bond acceptors (Lipinski definition) is 4. The number of ketones is 1. The van der Waals surface area contributed by atoms with Crippen LogP contribution in [0.1, 0.15) is 13.3 Å². The number of hydrogen-bond donors (Lipinski definition) is 2. The molecule has 1 aliphatic rings. The summed E-state index contributed by atoms with van der Waals surface area (Å²) >= 11 is 11.2. The fourth-order valence-electron chi connectivity index (χ4n) is 1.83. The van der Waals surface area contributed by atoms with E-state index in [0.29, 0.717) is 29.8 Å². The first-order chi connectivity index (χ1) is 11.0. The van der Waals surface area contributed by atoms with Crippen molar-refractivity contribution in [2.75, 3.05) is 32.8 Å². The highest BCUT2D eigenvalue weighted by Gasteiger charge is 2.15. The average Bonchev–Trinajstić information content (AvgIpc) is 2.84. The van der Waals surface area contributed by atoms with Crippen molar-refractivity contribution < 1.29 is 14.3 Å². The molecule has 1 aromatic rings. The summed E-state index contributed by atoms with van der Waals surface area (Å²) in [7, 11) is 0. The van der Waals surface area contributed by atoms with Gasteiger partial charge in [0.1, 0.15) is 0 Å². The van der Waals surface area contributed by atoms with E-state index in [1.54, 1.807) is 19.1 Å². The second-order valence-electron chi connectivity index (χ2n) is 5.05. The molecule has 1 heterocycles. The summed E-state index contributed by atoms with van der Waals surface area (Å²) < 4.78 is 5.33. The highest BCUT2D eigenvalue weighted by atomic mass is 35.5. The Hall–Kier alpha value is -1.14. The summed E-state index contributed by atoms with van der Waals surface area (Å²) in [5.41, 5.74) is 0. The van der Waals surface area contributed by atoms with Crippen molar-refractivity contribution in [1.29, 1.82) is 0 Å². The highest BCUT2D eigenvalue weighted by molar-refractivity contribution is 6.41. The summed E-state index contributed by atoms with van der Waals surface area (Å²) in [5.74, 6) is -0.597. The van der Waals surface area contributed by atoms with E-state index in [4.69, 9.17) is 27.9 Å². The minimum absolute atomic E-state index is 0.251. The zero-order valence-corrected chi connectivity index (χ0v) is 14.6. The predicted molar refractivity (Wildman–Crippen MR) is 91.9 cm³/mol. The number of rotatable bonds is 4. The minimum atomic E-state index is -0.484. The summed E-state index contributed by atoms with van der Waals surface area (Å²) in [5, 5.41) is 7.04. The van der Waals surface area contributed by atoms with Gasteiger partial charge in [-0.3, -0.25) is 9.59 Å². The van der Waals surface area contributed by atoms with Crippen molar-refractivity contribution in [1.82, 2.24) is 10.6 Å². The molecule has 2 rings (SSSR count). The van der Waals surface area contributed by atoms with Crippen molar-refractivity contribution in [3.63, 3.8) is 0 Å². The summed E-state index contributed by atoms with van der Waals surface area (Å²) in [6, 6.07) is 7.19.